The molecule has 1 rings (SSSR count). The molecule has 3 atom stereocenters. The standard InChI is InChI=1S/C16H26ClNO3/c1-12(10-20-4)21-11-16(19)9-18(3)13(2)14-5-7-15(17)8-6-14/h5-8,12-13,16,19H,9-11H2,1-4H3. The third-order valence-electron chi connectivity index (χ3n) is 3.49. The second kappa shape index (κ2) is 9.38. The van der Waals surface area contributed by atoms with E-state index in [0.29, 0.717) is 19.8 Å². The van der Waals surface area contributed by atoms with Gasteiger partial charge in [-0.1, -0.05) is 23.7 Å². The molecule has 0 fully saturated rings. The highest BCUT2D eigenvalue weighted by atomic mass is 35.5. The molecule has 0 aliphatic heterocycles. The summed E-state index contributed by atoms with van der Waals surface area (Å²) in [4.78, 5) is 2.10. The molecule has 0 amide bonds. The minimum absolute atomic E-state index is 0.0105. The maximum Gasteiger partial charge on any atom is 0.0900 e. The smallest absolute Gasteiger partial charge is 0.0900 e. The van der Waals surface area contributed by atoms with Crippen LogP contribution in [0.25, 0.3) is 0 Å². The van der Waals surface area contributed by atoms with Crippen LogP contribution in [0.15, 0.2) is 24.3 Å². The molecule has 0 bridgehead atoms. The molecule has 0 saturated carbocycles. The molecule has 0 heterocycles. The maximum absolute atomic E-state index is 10.0. The average molecular weight is 316 g/mol. The second-order valence-corrected chi connectivity index (χ2v) is 5.86. The van der Waals surface area contributed by atoms with Gasteiger partial charge in [-0.2, -0.15) is 0 Å². The van der Waals surface area contributed by atoms with Crippen LogP contribution in [0.3, 0.4) is 0 Å². The molecule has 0 aliphatic carbocycles. The van der Waals surface area contributed by atoms with Gasteiger partial charge in [0.2, 0.25) is 0 Å². The Morgan fingerprint density at radius 3 is 2.38 bits per heavy atom. The van der Waals surface area contributed by atoms with Crippen LogP contribution in [-0.2, 0) is 9.47 Å². The Bertz CT molecular complexity index is 399. The quantitative estimate of drug-likeness (QED) is 0.761. The van der Waals surface area contributed by atoms with E-state index >= 15 is 0 Å². The molecule has 21 heavy (non-hydrogen) atoms. The number of nitrogens with zero attached hydrogens (tertiary/aromatic N) is 1. The van der Waals surface area contributed by atoms with Gasteiger partial charge in [0.1, 0.15) is 0 Å². The van der Waals surface area contributed by atoms with E-state index in [1.807, 2.05) is 38.2 Å². The van der Waals surface area contributed by atoms with Crippen molar-refractivity contribution in [1.29, 1.82) is 0 Å². The Hall–Kier alpha value is -0.650. The predicted molar refractivity (Wildman–Crippen MR) is 85.8 cm³/mol. The highest BCUT2D eigenvalue weighted by molar-refractivity contribution is 6.30. The van der Waals surface area contributed by atoms with Crippen molar-refractivity contribution in [3.63, 3.8) is 0 Å². The lowest BCUT2D eigenvalue weighted by atomic mass is 10.1. The zero-order valence-electron chi connectivity index (χ0n) is 13.3. The summed E-state index contributed by atoms with van der Waals surface area (Å²) in [5, 5.41) is 10.8. The van der Waals surface area contributed by atoms with Crippen LogP contribution >= 0.6 is 11.6 Å². The van der Waals surface area contributed by atoms with E-state index < -0.39 is 6.10 Å². The Morgan fingerprint density at radius 2 is 1.81 bits per heavy atom. The Morgan fingerprint density at radius 1 is 1.19 bits per heavy atom. The summed E-state index contributed by atoms with van der Waals surface area (Å²) in [6.45, 7) is 5.41. The van der Waals surface area contributed by atoms with Crippen molar-refractivity contribution in [2.24, 2.45) is 0 Å². The van der Waals surface area contributed by atoms with E-state index in [9.17, 15) is 5.11 Å². The third kappa shape index (κ3) is 6.76. The van der Waals surface area contributed by atoms with Gasteiger partial charge in [0.15, 0.2) is 0 Å². The van der Waals surface area contributed by atoms with E-state index in [-0.39, 0.29) is 12.1 Å². The number of hydrogen-bond donors (Lipinski definition) is 1. The van der Waals surface area contributed by atoms with Crippen molar-refractivity contribution in [1.82, 2.24) is 4.90 Å². The number of likely N-dealkylation sites (N-methyl/N-ethyl adjacent to an activating group) is 1. The van der Waals surface area contributed by atoms with Crippen molar-refractivity contribution in [3.05, 3.63) is 34.9 Å². The van der Waals surface area contributed by atoms with Gasteiger partial charge in [-0.25, -0.2) is 0 Å². The topological polar surface area (TPSA) is 41.9 Å². The molecule has 4 nitrogen and oxygen atoms in total. The monoisotopic (exact) mass is 315 g/mol. The van der Waals surface area contributed by atoms with Crippen LogP contribution in [0.5, 0.6) is 0 Å². The summed E-state index contributed by atoms with van der Waals surface area (Å²) in [5.74, 6) is 0. The number of methoxy groups -OCH3 is 1. The highest BCUT2D eigenvalue weighted by Gasteiger charge is 2.16. The molecule has 3 unspecified atom stereocenters. The lowest BCUT2D eigenvalue weighted by Gasteiger charge is -2.27. The number of rotatable bonds is 9. The molecule has 120 valence electrons. The van der Waals surface area contributed by atoms with Gasteiger partial charge in [-0.15, -0.1) is 0 Å². The third-order valence-corrected chi connectivity index (χ3v) is 3.74. The van der Waals surface area contributed by atoms with E-state index in [2.05, 4.69) is 11.8 Å². The van der Waals surface area contributed by atoms with Crippen molar-refractivity contribution in [2.45, 2.75) is 32.1 Å². The number of aliphatic hydroxyl groups is 1. The summed E-state index contributed by atoms with van der Waals surface area (Å²) >= 11 is 5.90. The van der Waals surface area contributed by atoms with E-state index in [1.54, 1.807) is 7.11 Å². The van der Waals surface area contributed by atoms with Crippen molar-refractivity contribution in [2.75, 3.05) is 33.9 Å². The molecular formula is C16H26ClNO3. The van der Waals surface area contributed by atoms with Crippen LogP contribution in [0, 0.1) is 0 Å². The molecule has 5 heteroatoms. The normalized spacial score (nSPS) is 16.0. The van der Waals surface area contributed by atoms with Crippen LogP contribution in [0.4, 0.5) is 0 Å². The first-order valence-electron chi connectivity index (χ1n) is 7.18. The average Bonchev–Trinajstić information content (AvgIpc) is 2.45. The number of halogens is 1. The van der Waals surface area contributed by atoms with Crippen LogP contribution in [0.1, 0.15) is 25.5 Å². The fraction of sp³-hybridized carbons (Fsp3) is 0.625. The Kier molecular flexibility index (Phi) is 8.22. The molecule has 0 spiro atoms. The zero-order valence-corrected chi connectivity index (χ0v) is 14.0. The van der Waals surface area contributed by atoms with Crippen molar-refractivity contribution < 1.29 is 14.6 Å². The summed E-state index contributed by atoms with van der Waals surface area (Å²) in [7, 11) is 3.62. The van der Waals surface area contributed by atoms with Crippen LogP contribution in [0.2, 0.25) is 5.02 Å². The lowest BCUT2D eigenvalue weighted by molar-refractivity contribution is -0.0402. The van der Waals surface area contributed by atoms with E-state index in [4.69, 9.17) is 21.1 Å². The SMILES string of the molecule is COCC(C)OCC(O)CN(C)C(C)c1ccc(Cl)cc1. The largest absolute Gasteiger partial charge is 0.389 e. The van der Waals surface area contributed by atoms with Gasteiger partial charge < -0.3 is 14.6 Å². The fourth-order valence-electron chi connectivity index (χ4n) is 2.10. The van der Waals surface area contributed by atoms with Gasteiger partial charge in [0.05, 0.1) is 25.4 Å². The summed E-state index contributed by atoms with van der Waals surface area (Å²) < 4.78 is 10.5. The number of ether oxygens (including phenoxy) is 2. The molecule has 0 saturated heterocycles. The number of hydrogen-bond acceptors (Lipinski definition) is 4. The zero-order chi connectivity index (χ0) is 15.8. The summed E-state index contributed by atoms with van der Waals surface area (Å²) in [6, 6.07) is 7.98. The number of benzene rings is 1. The minimum atomic E-state index is -0.524. The number of aliphatic hydroxyl groups excluding tert-OH is 1. The van der Waals surface area contributed by atoms with Gasteiger partial charge >= 0.3 is 0 Å². The van der Waals surface area contributed by atoms with Crippen LogP contribution < -0.4 is 0 Å². The molecule has 1 N–H and O–H groups in total. The Balaban J connectivity index is 2.40. The Labute approximate surface area is 132 Å². The first-order valence-corrected chi connectivity index (χ1v) is 7.56. The van der Waals surface area contributed by atoms with Gasteiger partial charge in [0, 0.05) is 24.7 Å². The first kappa shape index (κ1) is 18.4. The van der Waals surface area contributed by atoms with Gasteiger partial charge in [-0.3, -0.25) is 4.90 Å². The van der Waals surface area contributed by atoms with E-state index in [1.165, 1.54) is 5.56 Å². The lowest BCUT2D eigenvalue weighted by Crippen LogP contribution is -2.35. The summed E-state index contributed by atoms with van der Waals surface area (Å²) in [6.07, 6.45) is -0.535. The minimum Gasteiger partial charge on any atom is -0.389 e. The second-order valence-electron chi connectivity index (χ2n) is 5.42. The van der Waals surface area contributed by atoms with Crippen molar-refractivity contribution in [3.8, 4) is 0 Å². The predicted octanol–water partition coefficient (Wildman–Crippen LogP) is 2.75. The fourth-order valence-corrected chi connectivity index (χ4v) is 2.22. The highest BCUT2D eigenvalue weighted by Crippen LogP contribution is 2.20. The maximum atomic E-state index is 10.0. The molecule has 1 aromatic rings. The first-order chi connectivity index (χ1) is 9.93. The molecule has 0 aliphatic rings. The summed E-state index contributed by atoms with van der Waals surface area (Å²) in [5.41, 5.74) is 1.17. The molecule has 0 radical (unpaired) electrons. The van der Waals surface area contributed by atoms with E-state index in [0.717, 1.165) is 5.02 Å². The van der Waals surface area contributed by atoms with Crippen LogP contribution in [-0.4, -0.2) is 56.1 Å². The molecule has 1 aromatic carbocycles. The van der Waals surface area contributed by atoms with Gasteiger partial charge in [-0.05, 0) is 38.6 Å². The van der Waals surface area contributed by atoms with Gasteiger partial charge in [0.25, 0.3) is 0 Å². The molecule has 0 aromatic heterocycles. The van der Waals surface area contributed by atoms with Crippen molar-refractivity contribution >= 4 is 11.6 Å². The molecular weight excluding hydrogens is 290 g/mol.